The Morgan fingerprint density at radius 1 is 1.44 bits per heavy atom. The second kappa shape index (κ2) is 5.82. The Morgan fingerprint density at radius 3 is 2.67 bits per heavy atom. The normalized spacial score (nSPS) is 11.2. The van der Waals surface area contributed by atoms with Gasteiger partial charge in [0.25, 0.3) is 0 Å². The highest BCUT2D eigenvalue weighted by molar-refractivity contribution is 5.67. The molecule has 5 heteroatoms. The molecule has 18 heavy (non-hydrogen) atoms. The number of nitrogens with two attached hydrogens (primary N) is 1. The fraction of sp³-hybridized carbons (Fsp3) is 0.462. The van der Waals surface area contributed by atoms with Gasteiger partial charge in [0.15, 0.2) is 0 Å². The Morgan fingerprint density at radius 2 is 2.11 bits per heavy atom. The largest absolute Gasteiger partial charge is 0.444 e. The highest BCUT2D eigenvalue weighted by Crippen LogP contribution is 2.11. The topological polar surface area (TPSA) is 64.3 Å². The molecule has 0 aromatic heterocycles. The maximum atomic E-state index is 13.2. The van der Waals surface area contributed by atoms with Crippen molar-refractivity contribution in [3.05, 3.63) is 35.1 Å². The number of alkyl carbamates (subject to hydrolysis) is 1. The summed E-state index contributed by atoms with van der Waals surface area (Å²) in [6, 6.07) is 4.58. The highest BCUT2D eigenvalue weighted by atomic mass is 19.1. The first-order valence-corrected chi connectivity index (χ1v) is 5.76. The number of benzene rings is 1. The minimum Gasteiger partial charge on any atom is -0.444 e. The van der Waals surface area contributed by atoms with Crippen molar-refractivity contribution in [2.45, 2.75) is 39.5 Å². The van der Waals surface area contributed by atoms with E-state index in [0.29, 0.717) is 5.56 Å². The van der Waals surface area contributed by atoms with Gasteiger partial charge in [-0.3, -0.25) is 0 Å². The molecule has 0 bridgehead atoms. The van der Waals surface area contributed by atoms with E-state index >= 15 is 0 Å². The second-order valence-corrected chi connectivity index (χ2v) is 4.99. The molecule has 4 nitrogen and oxygen atoms in total. The van der Waals surface area contributed by atoms with E-state index in [1.54, 1.807) is 32.9 Å². The summed E-state index contributed by atoms with van der Waals surface area (Å²) in [6.45, 7) is 5.78. The smallest absolute Gasteiger partial charge is 0.407 e. The van der Waals surface area contributed by atoms with E-state index in [9.17, 15) is 9.18 Å². The standard InChI is InChI=1S/C13H19FN2O2/c1-13(2,3)18-12(17)16-8-9-4-5-11(14)10(6-9)7-15/h4-6H,7-8,15H2,1-3H3,(H,16,17). The maximum absolute atomic E-state index is 13.2. The van der Waals surface area contributed by atoms with Gasteiger partial charge in [0.05, 0.1) is 0 Å². The summed E-state index contributed by atoms with van der Waals surface area (Å²) in [5, 5.41) is 2.60. The van der Waals surface area contributed by atoms with Crippen LogP contribution in [0.5, 0.6) is 0 Å². The number of carbonyl (C=O) groups is 1. The number of hydrogen-bond acceptors (Lipinski definition) is 3. The summed E-state index contributed by atoms with van der Waals surface area (Å²) in [5.74, 6) is -0.335. The molecule has 1 aromatic carbocycles. The Labute approximate surface area is 106 Å². The second-order valence-electron chi connectivity index (χ2n) is 4.99. The highest BCUT2D eigenvalue weighted by Gasteiger charge is 2.15. The Balaban J connectivity index is 2.56. The van der Waals surface area contributed by atoms with Crippen LogP contribution in [0.2, 0.25) is 0 Å². The monoisotopic (exact) mass is 254 g/mol. The van der Waals surface area contributed by atoms with Gasteiger partial charge in [-0.1, -0.05) is 6.07 Å². The van der Waals surface area contributed by atoms with Crippen molar-refractivity contribution in [2.75, 3.05) is 0 Å². The molecule has 1 rings (SSSR count). The number of carbonyl (C=O) groups excluding carboxylic acids is 1. The van der Waals surface area contributed by atoms with Crippen LogP contribution in [-0.4, -0.2) is 11.7 Å². The molecular formula is C13H19FN2O2. The summed E-state index contributed by atoms with van der Waals surface area (Å²) >= 11 is 0. The van der Waals surface area contributed by atoms with Gasteiger partial charge in [-0.05, 0) is 38.5 Å². The fourth-order valence-electron chi connectivity index (χ4n) is 1.38. The number of hydrogen-bond donors (Lipinski definition) is 2. The van der Waals surface area contributed by atoms with E-state index in [0.717, 1.165) is 5.56 Å². The molecule has 0 saturated heterocycles. The van der Waals surface area contributed by atoms with E-state index in [2.05, 4.69) is 5.32 Å². The quantitative estimate of drug-likeness (QED) is 0.870. The minimum atomic E-state index is -0.532. The lowest BCUT2D eigenvalue weighted by Crippen LogP contribution is -2.32. The zero-order valence-corrected chi connectivity index (χ0v) is 10.9. The maximum Gasteiger partial charge on any atom is 0.407 e. The Hall–Kier alpha value is -1.62. The third-order valence-electron chi connectivity index (χ3n) is 2.17. The minimum absolute atomic E-state index is 0.131. The summed E-state index contributed by atoms with van der Waals surface area (Å²) in [4.78, 5) is 11.4. The van der Waals surface area contributed by atoms with Crippen LogP contribution < -0.4 is 11.1 Å². The molecule has 0 atom stereocenters. The predicted molar refractivity (Wildman–Crippen MR) is 67.4 cm³/mol. The van der Waals surface area contributed by atoms with Crippen molar-refractivity contribution in [3.8, 4) is 0 Å². The van der Waals surface area contributed by atoms with Gasteiger partial charge in [-0.25, -0.2) is 9.18 Å². The molecule has 3 N–H and O–H groups in total. The lowest BCUT2D eigenvalue weighted by Gasteiger charge is -2.19. The fourth-order valence-corrected chi connectivity index (χ4v) is 1.38. The molecule has 0 unspecified atom stereocenters. The summed E-state index contributed by atoms with van der Waals surface area (Å²) < 4.78 is 18.3. The third kappa shape index (κ3) is 4.71. The van der Waals surface area contributed by atoms with Gasteiger partial charge < -0.3 is 15.8 Å². The number of nitrogens with one attached hydrogen (secondary N) is 1. The summed E-state index contributed by atoms with van der Waals surface area (Å²) in [5.41, 5.74) is 6.08. The molecule has 100 valence electrons. The van der Waals surface area contributed by atoms with Gasteiger partial charge in [-0.2, -0.15) is 0 Å². The molecule has 1 aromatic rings. The molecular weight excluding hydrogens is 235 g/mol. The van der Waals surface area contributed by atoms with Crippen molar-refractivity contribution in [3.63, 3.8) is 0 Å². The predicted octanol–water partition coefficient (Wildman–Crippen LogP) is 2.31. The van der Waals surface area contributed by atoms with Gasteiger partial charge in [0, 0.05) is 18.7 Å². The molecule has 0 spiro atoms. The van der Waals surface area contributed by atoms with Gasteiger partial charge in [0.2, 0.25) is 0 Å². The van der Waals surface area contributed by atoms with Crippen LogP contribution >= 0.6 is 0 Å². The number of halogens is 1. The van der Waals surface area contributed by atoms with Gasteiger partial charge >= 0.3 is 6.09 Å². The molecule has 0 radical (unpaired) electrons. The Bertz CT molecular complexity index is 427. The zero-order valence-electron chi connectivity index (χ0n) is 10.9. The van der Waals surface area contributed by atoms with Crippen LogP contribution in [-0.2, 0) is 17.8 Å². The first kappa shape index (κ1) is 14.4. The number of amides is 1. The molecule has 0 aliphatic heterocycles. The van der Waals surface area contributed by atoms with Crippen molar-refractivity contribution in [1.29, 1.82) is 0 Å². The van der Waals surface area contributed by atoms with E-state index in [-0.39, 0.29) is 18.9 Å². The number of ether oxygens (including phenoxy) is 1. The molecule has 0 saturated carbocycles. The Kier molecular flexibility index (Phi) is 4.67. The average molecular weight is 254 g/mol. The van der Waals surface area contributed by atoms with Gasteiger partial charge in [0.1, 0.15) is 11.4 Å². The SMILES string of the molecule is CC(C)(C)OC(=O)NCc1ccc(F)c(CN)c1. The summed E-state index contributed by atoms with van der Waals surface area (Å²) in [6.07, 6.45) is -0.499. The van der Waals surface area contributed by atoms with Crippen LogP contribution in [0.3, 0.4) is 0 Å². The van der Waals surface area contributed by atoms with Crippen molar-refractivity contribution in [2.24, 2.45) is 5.73 Å². The molecule has 1 amide bonds. The molecule has 0 heterocycles. The van der Waals surface area contributed by atoms with E-state index < -0.39 is 11.7 Å². The van der Waals surface area contributed by atoms with E-state index in [1.807, 2.05) is 0 Å². The zero-order chi connectivity index (χ0) is 13.8. The van der Waals surface area contributed by atoms with Crippen LogP contribution in [0.15, 0.2) is 18.2 Å². The van der Waals surface area contributed by atoms with Crippen LogP contribution in [0.1, 0.15) is 31.9 Å². The van der Waals surface area contributed by atoms with Crippen molar-refractivity contribution >= 4 is 6.09 Å². The van der Waals surface area contributed by atoms with Crippen LogP contribution in [0, 0.1) is 5.82 Å². The van der Waals surface area contributed by atoms with Crippen molar-refractivity contribution < 1.29 is 13.9 Å². The molecule has 0 fully saturated rings. The first-order chi connectivity index (χ1) is 8.31. The first-order valence-electron chi connectivity index (χ1n) is 5.76. The lowest BCUT2D eigenvalue weighted by atomic mass is 10.1. The van der Waals surface area contributed by atoms with E-state index in [4.69, 9.17) is 10.5 Å². The molecule has 0 aliphatic rings. The average Bonchev–Trinajstić information content (AvgIpc) is 2.25. The lowest BCUT2D eigenvalue weighted by molar-refractivity contribution is 0.0523. The third-order valence-corrected chi connectivity index (χ3v) is 2.17. The number of rotatable bonds is 3. The molecule has 0 aliphatic carbocycles. The van der Waals surface area contributed by atoms with Gasteiger partial charge in [-0.15, -0.1) is 0 Å². The van der Waals surface area contributed by atoms with Crippen molar-refractivity contribution in [1.82, 2.24) is 5.32 Å². The van der Waals surface area contributed by atoms with Crippen LogP contribution in [0.25, 0.3) is 0 Å². The van der Waals surface area contributed by atoms with Crippen LogP contribution in [0.4, 0.5) is 9.18 Å². The summed E-state index contributed by atoms with van der Waals surface area (Å²) in [7, 11) is 0. The van der Waals surface area contributed by atoms with E-state index in [1.165, 1.54) is 6.07 Å².